The Balaban J connectivity index is 2.87. The molecule has 1 rings (SSSR count). The van der Waals surface area contributed by atoms with Crippen LogP contribution in [-0.4, -0.2) is 14.1 Å². The predicted molar refractivity (Wildman–Crippen MR) is 44.3 cm³/mol. The Morgan fingerprint density at radius 1 is 1.27 bits per heavy atom. The van der Waals surface area contributed by atoms with Crippen LogP contribution in [0.15, 0.2) is 18.2 Å². The van der Waals surface area contributed by atoms with Gasteiger partial charge in [0.2, 0.25) is 0 Å². The first-order valence-corrected chi connectivity index (χ1v) is 3.05. The zero-order valence-electron chi connectivity index (χ0n) is 12.0. The highest BCUT2D eigenvalue weighted by molar-refractivity contribution is 5.39. The molecular weight excluding hydrogens is 140 g/mol. The minimum atomic E-state index is -2.53. The number of aryl methyl sites for hydroxylation is 1. The molecule has 1 aromatic rings. The Labute approximate surface area is 75.2 Å². The third-order valence-corrected chi connectivity index (χ3v) is 1.37. The smallest absolute Gasteiger partial charge is 0.122 e. The number of hydrogen-bond donors (Lipinski definition) is 0. The molecule has 0 unspecified atom stereocenters. The molecule has 2 heteroatoms. The van der Waals surface area contributed by atoms with E-state index in [1.807, 2.05) is 0 Å². The molecule has 1 aromatic carbocycles. The monoisotopic (exact) mass is 158 g/mol. The molecule has 0 aliphatic carbocycles. The van der Waals surface area contributed by atoms with Crippen molar-refractivity contribution in [1.82, 2.24) is 0 Å². The van der Waals surface area contributed by atoms with E-state index in [1.54, 1.807) is 6.92 Å². The molecule has 0 N–H and O–H groups in total. The van der Waals surface area contributed by atoms with Crippen LogP contribution in [0, 0.1) is 6.92 Å². The van der Waals surface area contributed by atoms with Crippen LogP contribution < -0.4 is 9.47 Å². The fourth-order valence-electron chi connectivity index (χ4n) is 0.800. The van der Waals surface area contributed by atoms with E-state index in [-0.39, 0.29) is 11.5 Å². The first-order chi connectivity index (χ1) is 7.57. The van der Waals surface area contributed by atoms with E-state index in [2.05, 4.69) is 4.74 Å². The van der Waals surface area contributed by atoms with Gasteiger partial charge < -0.3 is 9.47 Å². The van der Waals surface area contributed by atoms with Crippen molar-refractivity contribution in [1.29, 1.82) is 0 Å². The largest absolute Gasteiger partial charge is 0.497 e. The van der Waals surface area contributed by atoms with Crippen LogP contribution >= 0.6 is 0 Å². The van der Waals surface area contributed by atoms with Crippen molar-refractivity contribution < 1.29 is 17.7 Å². The van der Waals surface area contributed by atoms with Gasteiger partial charge in [-0.2, -0.15) is 0 Å². The van der Waals surface area contributed by atoms with Crippen LogP contribution in [0.1, 0.15) is 13.8 Å². The quantitative estimate of drug-likeness (QED) is 0.655. The third-order valence-electron chi connectivity index (χ3n) is 1.37. The molecule has 11 heavy (non-hydrogen) atoms. The first-order valence-electron chi connectivity index (χ1n) is 6.05. The summed E-state index contributed by atoms with van der Waals surface area (Å²) in [6, 6.07) is 4.12. The second-order valence-corrected chi connectivity index (χ2v) is 2.13. The molecular formula is C9H12O2. The normalized spacial score (nSPS) is 19.7. The summed E-state index contributed by atoms with van der Waals surface area (Å²) in [5, 5.41) is 0. The summed E-state index contributed by atoms with van der Waals surface area (Å²) < 4.78 is 51.0. The van der Waals surface area contributed by atoms with Gasteiger partial charge in [0, 0.05) is 0 Å². The number of rotatable bonds is 2. The first kappa shape index (κ1) is 3.05. The molecule has 0 bridgehead atoms. The standard InChI is InChI=1S/C9H12O2/c1-7-6-8(10-2)4-5-9(7)11-3/h4-6H,1-3H3/i2D3,3D3. The van der Waals surface area contributed by atoms with Crippen LogP contribution in [0.2, 0.25) is 0 Å². The molecule has 0 amide bonds. The van der Waals surface area contributed by atoms with E-state index in [4.69, 9.17) is 13.0 Å². The number of methoxy groups -OCH3 is 2. The molecule has 0 aromatic heterocycles. The van der Waals surface area contributed by atoms with E-state index in [9.17, 15) is 0 Å². The van der Waals surface area contributed by atoms with Gasteiger partial charge in [0.15, 0.2) is 0 Å². The van der Waals surface area contributed by atoms with Crippen LogP contribution in [0.25, 0.3) is 0 Å². The molecule has 60 valence electrons. The van der Waals surface area contributed by atoms with Crippen molar-refractivity contribution in [3.8, 4) is 11.5 Å². The second kappa shape index (κ2) is 3.28. The van der Waals surface area contributed by atoms with Crippen LogP contribution in [-0.2, 0) is 0 Å². The summed E-state index contributed by atoms with van der Waals surface area (Å²) in [4.78, 5) is 0. The SMILES string of the molecule is [2H]C([2H])([2H])Oc1ccc(OC([2H])([2H])[2H])c(C)c1. The lowest BCUT2D eigenvalue weighted by Gasteiger charge is -2.05. The number of ether oxygens (including phenoxy) is 2. The molecule has 0 saturated heterocycles. The summed E-state index contributed by atoms with van der Waals surface area (Å²) in [6.45, 7) is 1.60. The Bertz CT molecular complexity index is 395. The summed E-state index contributed by atoms with van der Waals surface area (Å²) >= 11 is 0. The fourth-order valence-corrected chi connectivity index (χ4v) is 0.800. The Morgan fingerprint density at radius 2 is 2.09 bits per heavy atom. The summed E-state index contributed by atoms with van der Waals surface area (Å²) in [5.41, 5.74) is 0.489. The van der Waals surface area contributed by atoms with Gasteiger partial charge >= 0.3 is 0 Å². The Kier molecular flexibility index (Phi) is 0.911. The van der Waals surface area contributed by atoms with Crippen molar-refractivity contribution >= 4 is 0 Å². The maximum absolute atomic E-state index is 6.95. The highest BCUT2D eigenvalue weighted by Crippen LogP contribution is 2.22. The molecule has 0 saturated carbocycles. The molecule has 0 fully saturated rings. The van der Waals surface area contributed by atoms with Crippen molar-refractivity contribution in [2.45, 2.75) is 6.92 Å². The average molecular weight is 158 g/mol. The maximum Gasteiger partial charge on any atom is 0.122 e. The lowest BCUT2D eigenvalue weighted by molar-refractivity contribution is 0.400. The van der Waals surface area contributed by atoms with E-state index in [0.29, 0.717) is 5.56 Å². The fraction of sp³-hybridized carbons (Fsp3) is 0.333. The van der Waals surface area contributed by atoms with E-state index < -0.39 is 14.1 Å². The van der Waals surface area contributed by atoms with Crippen LogP contribution in [0.5, 0.6) is 11.5 Å². The van der Waals surface area contributed by atoms with Gasteiger partial charge in [-0.25, -0.2) is 0 Å². The van der Waals surface area contributed by atoms with Crippen molar-refractivity contribution in [3.63, 3.8) is 0 Å². The molecule has 0 heterocycles. The van der Waals surface area contributed by atoms with Crippen LogP contribution in [0.4, 0.5) is 0 Å². The van der Waals surface area contributed by atoms with Gasteiger partial charge in [0.1, 0.15) is 11.5 Å². The summed E-state index contributed by atoms with van der Waals surface area (Å²) in [6.07, 6.45) is 0. The second-order valence-electron chi connectivity index (χ2n) is 2.13. The number of benzene rings is 1. The van der Waals surface area contributed by atoms with Crippen molar-refractivity contribution in [2.75, 3.05) is 14.1 Å². The molecule has 0 spiro atoms. The molecule has 0 atom stereocenters. The van der Waals surface area contributed by atoms with E-state index in [1.165, 1.54) is 18.2 Å². The Hall–Kier alpha value is -1.18. The average Bonchev–Trinajstić information content (AvgIpc) is 2.05. The third kappa shape index (κ3) is 1.64. The van der Waals surface area contributed by atoms with Gasteiger partial charge in [-0.3, -0.25) is 0 Å². The number of hydrogen-bond acceptors (Lipinski definition) is 2. The predicted octanol–water partition coefficient (Wildman–Crippen LogP) is 2.01. The lowest BCUT2D eigenvalue weighted by atomic mass is 10.2. The zero-order chi connectivity index (χ0) is 13.3. The molecule has 0 aliphatic heterocycles. The van der Waals surface area contributed by atoms with Gasteiger partial charge in [-0.1, -0.05) is 0 Å². The Morgan fingerprint density at radius 3 is 2.73 bits per heavy atom. The minimum absolute atomic E-state index is 0.139. The van der Waals surface area contributed by atoms with Crippen molar-refractivity contribution in [2.24, 2.45) is 0 Å². The molecule has 2 nitrogen and oxygen atoms in total. The molecule has 0 radical (unpaired) electrons. The van der Waals surface area contributed by atoms with Gasteiger partial charge in [-0.15, -0.1) is 0 Å². The molecule has 0 aliphatic rings. The zero-order valence-corrected chi connectivity index (χ0v) is 6.05. The van der Waals surface area contributed by atoms with Crippen LogP contribution in [0.3, 0.4) is 0 Å². The van der Waals surface area contributed by atoms with Gasteiger partial charge in [0.05, 0.1) is 22.3 Å². The lowest BCUT2D eigenvalue weighted by Crippen LogP contribution is -1.88. The van der Waals surface area contributed by atoms with Gasteiger partial charge in [-0.05, 0) is 30.7 Å². The minimum Gasteiger partial charge on any atom is -0.497 e. The highest BCUT2D eigenvalue weighted by atomic mass is 16.5. The highest BCUT2D eigenvalue weighted by Gasteiger charge is 1.97. The summed E-state index contributed by atoms with van der Waals surface area (Å²) in [7, 11) is -5.06. The van der Waals surface area contributed by atoms with E-state index in [0.717, 1.165) is 0 Å². The van der Waals surface area contributed by atoms with E-state index >= 15 is 0 Å². The maximum atomic E-state index is 6.95. The summed E-state index contributed by atoms with van der Waals surface area (Å²) in [5.74, 6) is 0.309. The topological polar surface area (TPSA) is 18.5 Å². The van der Waals surface area contributed by atoms with Gasteiger partial charge in [0.25, 0.3) is 0 Å². The van der Waals surface area contributed by atoms with Crippen molar-refractivity contribution in [3.05, 3.63) is 23.8 Å².